The van der Waals surface area contributed by atoms with Gasteiger partial charge in [0, 0.05) is 43.5 Å². The summed E-state index contributed by atoms with van der Waals surface area (Å²) >= 11 is 0. The molecule has 1 unspecified atom stereocenters. The number of anilines is 3. The van der Waals surface area contributed by atoms with Crippen LogP contribution in [0.4, 0.5) is 26.4 Å². The Kier molecular flexibility index (Phi) is 8.36. The van der Waals surface area contributed by atoms with Gasteiger partial charge in [0.2, 0.25) is 0 Å². The molecule has 3 aliphatic rings. The number of nitrogens with zero attached hydrogens (tertiary/aromatic N) is 5. The molecule has 5 N–H and O–H groups in total. The predicted molar refractivity (Wildman–Crippen MR) is 158 cm³/mol. The van der Waals surface area contributed by atoms with Gasteiger partial charge in [-0.25, -0.2) is 18.7 Å². The zero-order valence-corrected chi connectivity index (χ0v) is 23.9. The molecule has 224 valence electrons. The SMILES string of the molecule is CN1CCC(CCNC(=O)N[C@H]2CC[C@H](Nc3cc(NC4CC4)c4ncc(C(=O)Nc5ccncc5F)n4n3)CC2)C1. The molecule has 2 saturated carbocycles. The normalized spacial score (nSPS) is 22.6. The number of urea groups is 1. The van der Waals surface area contributed by atoms with Gasteiger partial charge in [-0.2, -0.15) is 0 Å². The van der Waals surface area contributed by atoms with Crippen molar-refractivity contribution in [1.82, 2.24) is 35.1 Å². The number of hydrogen-bond acceptors (Lipinski definition) is 8. The number of carbonyl (C=O) groups is 2. The molecule has 12 nitrogen and oxygen atoms in total. The third-order valence-electron chi connectivity index (χ3n) is 8.40. The highest BCUT2D eigenvalue weighted by molar-refractivity contribution is 6.03. The molecule has 3 fully saturated rings. The number of pyridine rings is 1. The Morgan fingerprint density at radius 2 is 1.76 bits per heavy atom. The van der Waals surface area contributed by atoms with Crippen LogP contribution >= 0.6 is 0 Å². The standard InChI is InChI=1S/C29H39FN10O2/c1-39-13-10-18(17-39)8-12-32-29(42)36-21-6-4-20(5-7-21)35-26-14-24(34-19-2-3-19)27-33-16-25(40(27)38-26)28(41)37-23-9-11-31-15-22(23)30/h9,11,14-16,18-21,34H,2-8,10,12-13,17H2,1H3,(H,35,38)(H,31,37,41)(H2,32,36,42)/t18?,20-,21-. The van der Waals surface area contributed by atoms with Crippen LogP contribution in [0.25, 0.3) is 5.65 Å². The van der Waals surface area contributed by atoms with Gasteiger partial charge in [0.25, 0.3) is 5.91 Å². The number of aromatic nitrogens is 4. The molecule has 1 saturated heterocycles. The van der Waals surface area contributed by atoms with E-state index in [1.165, 1.54) is 29.4 Å². The summed E-state index contributed by atoms with van der Waals surface area (Å²) < 4.78 is 15.6. The van der Waals surface area contributed by atoms with E-state index in [4.69, 9.17) is 5.10 Å². The predicted octanol–water partition coefficient (Wildman–Crippen LogP) is 3.45. The van der Waals surface area contributed by atoms with Crippen LogP contribution in [0.3, 0.4) is 0 Å². The highest BCUT2D eigenvalue weighted by atomic mass is 19.1. The number of rotatable bonds is 10. The quantitative estimate of drug-likeness (QED) is 0.246. The average Bonchev–Trinajstić information content (AvgIpc) is 3.52. The first kappa shape index (κ1) is 28.1. The molecule has 0 aromatic carbocycles. The second kappa shape index (κ2) is 12.5. The van der Waals surface area contributed by atoms with E-state index in [2.05, 4.69) is 48.5 Å². The molecule has 13 heteroatoms. The Hall–Kier alpha value is -4.00. The van der Waals surface area contributed by atoms with Crippen LogP contribution in [-0.4, -0.2) is 81.2 Å². The van der Waals surface area contributed by atoms with E-state index >= 15 is 0 Å². The van der Waals surface area contributed by atoms with Crippen molar-refractivity contribution in [2.75, 3.05) is 42.6 Å². The van der Waals surface area contributed by atoms with Gasteiger partial charge >= 0.3 is 6.03 Å². The van der Waals surface area contributed by atoms with Gasteiger partial charge in [0.05, 0.1) is 23.8 Å². The molecule has 2 aliphatic carbocycles. The van der Waals surface area contributed by atoms with Crippen LogP contribution in [-0.2, 0) is 0 Å². The topological polar surface area (TPSA) is 141 Å². The fraction of sp³-hybridized carbons (Fsp3) is 0.552. The minimum atomic E-state index is -0.620. The number of amides is 3. The minimum Gasteiger partial charge on any atom is -0.379 e. The van der Waals surface area contributed by atoms with Gasteiger partial charge in [-0.3, -0.25) is 9.78 Å². The number of fused-ring (bicyclic) bond motifs is 1. The molecule has 6 rings (SSSR count). The summed E-state index contributed by atoms with van der Waals surface area (Å²) in [7, 11) is 2.14. The van der Waals surface area contributed by atoms with Crippen LogP contribution in [0.1, 0.15) is 61.9 Å². The summed E-state index contributed by atoms with van der Waals surface area (Å²) in [5.41, 5.74) is 1.56. The third-order valence-corrected chi connectivity index (χ3v) is 8.40. The number of carbonyl (C=O) groups excluding carboxylic acids is 2. The Morgan fingerprint density at radius 1 is 1.00 bits per heavy atom. The molecular formula is C29H39FN10O2. The zero-order valence-electron chi connectivity index (χ0n) is 23.9. The fourth-order valence-electron chi connectivity index (χ4n) is 5.89. The van der Waals surface area contributed by atoms with Crippen molar-refractivity contribution in [3.63, 3.8) is 0 Å². The van der Waals surface area contributed by atoms with Crippen molar-refractivity contribution in [2.24, 2.45) is 5.92 Å². The molecule has 1 aliphatic heterocycles. The van der Waals surface area contributed by atoms with Crippen LogP contribution in [0.15, 0.2) is 30.7 Å². The molecule has 3 aromatic rings. The molecule has 3 amide bonds. The largest absolute Gasteiger partial charge is 0.379 e. The van der Waals surface area contributed by atoms with Gasteiger partial charge in [0.15, 0.2) is 17.2 Å². The molecule has 0 radical (unpaired) electrons. The fourth-order valence-corrected chi connectivity index (χ4v) is 5.89. The first-order valence-corrected chi connectivity index (χ1v) is 15.0. The van der Waals surface area contributed by atoms with Crippen LogP contribution in [0.2, 0.25) is 0 Å². The lowest BCUT2D eigenvalue weighted by Gasteiger charge is -2.30. The zero-order chi connectivity index (χ0) is 29.1. The van der Waals surface area contributed by atoms with Gasteiger partial charge in [-0.1, -0.05) is 0 Å². The van der Waals surface area contributed by atoms with Gasteiger partial charge in [0.1, 0.15) is 5.82 Å². The number of imidazole rings is 1. The lowest BCUT2D eigenvalue weighted by molar-refractivity contribution is 0.102. The molecule has 42 heavy (non-hydrogen) atoms. The number of likely N-dealkylation sites (tertiary alicyclic amines) is 1. The Morgan fingerprint density at radius 3 is 2.50 bits per heavy atom. The first-order valence-electron chi connectivity index (χ1n) is 15.0. The highest BCUT2D eigenvalue weighted by Gasteiger charge is 2.27. The molecule has 1 atom stereocenters. The molecule has 0 bridgehead atoms. The smallest absolute Gasteiger partial charge is 0.315 e. The maximum Gasteiger partial charge on any atom is 0.315 e. The molecular weight excluding hydrogens is 539 g/mol. The number of halogens is 1. The van der Waals surface area contributed by atoms with E-state index < -0.39 is 11.7 Å². The summed E-state index contributed by atoms with van der Waals surface area (Å²) in [5.74, 6) is 0.155. The Bertz CT molecular complexity index is 1420. The monoisotopic (exact) mass is 578 g/mol. The summed E-state index contributed by atoms with van der Waals surface area (Å²) in [6.07, 6.45) is 11.8. The van der Waals surface area contributed by atoms with Crippen molar-refractivity contribution >= 4 is 34.8 Å². The highest BCUT2D eigenvalue weighted by Crippen LogP contribution is 2.30. The van der Waals surface area contributed by atoms with E-state index in [1.54, 1.807) is 0 Å². The van der Waals surface area contributed by atoms with E-state index in [-0.39, 0.29) is 29.5 Å². The van der Waals surface area contributed by atoms with Crippen molar-refractivity contribution in [1.29, 1.82) is 0 Å². The lowest BCUT2D eigenvalue weighted by Crippen LogP contribution is -2.45. The summed E-state index contributed by atoms with van der Waals surface area (Å²) in [5, 5.41) is 20.5. The Balaban J connectivity index is 1.06. The average molecular weight is 579 g/mol. The van der Waals surface area contributed by atoms with Crippen molar-refractivity contribution in [3.8, 4) is 0 Å². The summed E-state index contributed by atoms with van der Waals surface area (Å²) in [4.78, 5) is 36.0. The summed E-state index contributed by atoms with van der Waals surface area (Å²) in [6, 6.07) is 3.94. The van der Waals surface area contributed by atoms with Crippen LogP contribution < -0.4 is 26.6 Å². The van der Waals surface area contributed by atoms with Crippen molar-refractivity contribution in [2.45, 2.75) is 69.5 Å². The van der Waals surface area contributed by atoms with E-state index in [0.29, 0.717) is 30.0 Å². The van der Waals surface area contributed by atoms with Crippen molar-refractivity contribution < 1.29 is 14.0 Å². The number of hydrogen-bond donors (Lipinski definition) is 5. The number of nitrogens with one attached hydrogen (secondary N) is 5. The molecule has 4 heterocycles. The second-order valence-corrected chi connectivity index (χ2v) is 11.8. The second-order valence-electron chi connectivity index (χ2n) is 11.8. The maximum absolute atomic E-state index is 14.1. The molecule has 3 aromatic heterocycles. The summed E-state index contributed by atoms with van der Waals surface area (Å²) in [6.45, 7) is 2.96. The third kappa shape index (κ3) is 6.89. The van der Waals surface area contributed by atoms with E-state index in [1.807, 2.05) is 6.07 Å². The molecule has 0 spiro atoms. The van der Waals surface area contributed by atoms with Crippen molar-refractivity contribution in [3.05, 3.63) is 42.2 Å². The Labute approximate surface area is 244 Å². The minimum absolute atomic E-state index is 0.0382. The first-order chi connectivity index (χ1) is 20.4. The van der Waals surface area contributed by atoms with E-state index in [9.17, 15) is 14.0 Å². The lowest BCUT2D eigenvalue weighted by atomic mass is 9.91. The van der Waals surface area contributed by atoms with Crippen LogP contribution in [0.5, 0.6) is 0 Å². The van der Waals surface area contributed by atoms with Gasteiger partial charge < -0.3 is 31.5 Å². The van der Waals surface area contributed by atoms with Crippen LogP contribution in [0, 0.1) is 11.7 Å². The van der Waals surface area contributed by atoms with Gasteiger partial charge in [-0.15, -0.1) is 5.10 Å². The maximum atomic E-state index is 14.1. The van der Waals surface area contributed by atoms with Gasteiger partial charge in [-0.05, 0) is 76.9 Å². The van der Waals surface area contributed by atoms with E-state index in [0.717, 1.165) is 69.9 Å².